The van der Waals surface area contributed by atoms with Crippen molar-refractivity contribution in [2.24, 2.45) is 0 Å². The van der Waals surface area contributed by atoms with Crippen LogP contribution in [0, 0.1) is 0 Å². The quantitative estimate of drug-likeness (QED) is 0.167. The molecule has 4 heteroatoms. The van der Waals surface area contributed by atoms with E-state index in [4.69, 9.17) is 15.1 Å². The van der Waals surface area contributed by atoms with Gasteiger partial charge in [-0.05, 0) is 73.7 Å². The van der Waals surface area contributed by atoms with Crippen molar-refractivity contribution in [2.45, 2.75) is 5.41 Å². The summed E-state index contributed by atoms with van der Waals surface area (Å²) in [5, 5.41) is 7.76. The lowest BCUT2D eigenvalue weighted by atomic mass is 9.70. The Kier molecular flexibility index (Phi) is 8.46. The van der Waals surface area contributed by atoms with Crippen LogP contribution in [-0.2, 0) is 5.41 Å². The fraction of sp³-hybridized carbons (Fsp3) is 0.0156. The molecule has 9 aromatic carbocycles. The third kappa shape index (κ3) is 5.64. The first kappa shape index (κ1) is 38.3. The monoisotopic (exact) mass is 864 g/mol. The van der Waals surface area contributed by atoms with Crippen molar-refractivity contribution in [3.63, 3.8) is 0 Å². The van der Waals surface area contributed by atoms with Gasteiger partial charge in [0, 0.05) is 38.8 Å². The molecule has 4 nitrogen and oxygen atoms in total. The van der Waals surface area contributed by atoms with Crippen molar-refractivity contribution in [3.8, 4) is 89.8 Å². The van der Waals surface area contributed by atoms with E-state index >= 15 is 0 Å². The standard InChI is InChI=1S/C64H40N4/c1-4-18-43(19-5-1)60-61(44-20-6-2-7-21-44)67-68-59(39-46-24-10-11-25-48(46)62(60)68)42-34-32-41(33-35-42)57-40-58(66-63(65-57)45-22-8-3-9-23-45)47-36-37-52-51-28-14-17-31-55(51)64(56(52)38-47)53-29-15-12-26-49(53)50-27-13-16-30-54(50)64/h1-40H. The molecule has 0 atom stereocenters. The number of benzene rings is 9. The summed E-state index contributed by atoms with van der Waals surface area (Å²) in [7, 11) is 0. The Morgan fingerprint density at radius 1 is 0.338 bits per heavy atom. The SMILES string of the molecule is c1ccc(-c2nc(-c3ccc(-c4cc5ccccc5c5c(-c6ccccc6)c(-c6ccccc6)nn45)cc3)cc(-c3ccc4c(c3)C3(c5ccccc5-c5ccccc53)c3ccccc3-4)n2)cc1. The van der Waals surface area contributed by atoms with Crippen LogP contribution in [0.3, 0.4) is 0 Å². The molecule has 0 radical (unpaired) electrons. The van der Waals surface area contributed by atoms with E-state index in [1.807, 2.05) is 6.07 Å². The molecular formula is C64H40N4. The normalized spacial score (nSPS) is 12.8. The average Bonchev–Trinajstić information content (AvgIpc) is 4.07. The minimum atomic E-state index is -0.449. The Hall–Kier alpha value is -8.99. The van der Waals surface area contributed by atoms with Gasteiger partial charge in [-0.15, -0.1) is 0 Å². The molecule has 2 aliphatic rings. The second-order valence-electron chi connectivity index (χ2n) is 17.9. The lowest BCUT2D eigenvalue weighted by Gasteiger charge is -2.30. The Bertz CT molecular complexity index is 3880. The van der Waals surface area contributed by atoms with Gasteiger partial charge in [-0.25, -0.2) is 14.5 Å². The highest BCUT2D eigenvalue weighted by Crippen LogP contribution is 2.63. The summed E-state index contributed by atoms with van der Waals surface area (Å²) in [5.41, 5.74) is 22.1. The van der Waals surface area contributed by atoms with Gasteiger partial charge >= 0.3 is 0 Å². The predicted octanol–water partition coefficient (Wildman–Crippen LogP) is 15.6. The molecule has 0 saturated heterocycles. The van der Waals surface area contributed by atoms with E-state index in [1.165, 1.54) is 44.5 Å². The molecule has 3 aromatic heterocycles. The van der Waals surface area contributed by atoms with Crippen LogP contribution < -0.4 is 0 Å². The number of hydrogen-bond donors (Lipinski definition) is 0. The average molecular weight is 865 g/mol. The molecule has 0 amide bonds. The highest BCUT2D eigenvalue weighted by molar-refractivity contribution is 6.08. The van der Waals surface area contributed by atoms with Gasteiger partial charge in [-0.3, -0.25) is 0 Å². The van der Waals surface area contributed by atoms with Gasteiger partial charge in [0.15, 0.2) is 5.82 Å². The number of pyridine rings is 1. The van der Waals surface area contributed by atoms with Crippen LogP contribution in [0.25, 0.3) is 106 Å². The Morgan fingerprint density at radius 2 is 0.824 bits per heavy atom. The van der Waals surface area contributed by atoms with Crippen molar-refractivity contribution < 1.29 is 0 Å². The zero-order chi connectivity index (χ0) is 44.8. The molecule has 12 aromatic rings. The van der Waals surface area contributed by atoms with Gasteiger partial charge in [0.1, 0.15) is 5.69 Å². The number of fused-ring (bicyclic) bond motifs is 13. The lowest BCUT2D eigenvalue weighted by molar-refractivity contribution is 0.794. The Morgan fingerprint density at radius 3 is 1.46 bits per heavy atom. The fourth-order valence-electron chi connectivity index (χ4n) is 11.3. The van der Waals surface area contributed by atoms with Crippen LogP contribution in [0.4, 0.5) is 0 Å². The third-order valence-electron chi connectivity index (χ3n) is 14.3. The van der Waals surface area contributed by atoms with Crippen LogP contribution >= 0.6 is 0 Å². The molecule has 0 unspecified atom stereocenters. The summed E-state index contributed by atoms with van der Waals surface area (Å²) in [6.07, 6.45) is 0. The first-order valence-electron chi connectivity index (χ1n) is 23.3. The molecule has 68 heavy (non-hydrogen) atoms. The van der Waals surface area contributed by atoms with E-state index < -0.39 is 5.41 Å². The first-order valence-corrected chi connectivity index (χ1v) is 23.3. The number of nitrogens with zero attached hydrogens (tertiary/aromatic N) is 4. The highest BCUT2D eigenvalue weighted by Gasteiger charge is 2.51. The molecule has 0 fully saturated rings. The van der Waals surface area contributed by atoms with Crippen molar-refractivity contribution >= 4 is 16.3 Å². The minimum Gasteiger partial charge on any atom is -0.231 e. The van der Waals surface area contributed by atoms with E-state index in [0.29, 0.717) is 5.82 Å². The van der Waals surface area contributed by atoms with Gasteiger partial charge in [0.25, 0.3) is 0 Å². The molecule has 14 rings (SSSR count). The fourth-order valence-corrected chi connectivity index (χ4v) is 11.3. The van der Waals surface area contributed by atoms with E-state index in [2.05, 4.69) is 241 Å². The van der Waals surface area contributed by atoms with Gasteiger partial charge in [0.2, 0.25) is 0 Å². The summed E-state index contributed by atoms with van der Waals surface area (Å²) in [5.74, 6) is 0.687. The largest absolute Gasteiger partial charge is 0.231 e. The van der Waals surface area contributed by atoms with E-state index in [1.54, 1.807) is 0 Å². The second-order valence-corrected chi connectivity index (χ2v) is 17.9. The topological polar surface area (TPSA) is 43.1 Å². The van der Waals surface area contributed by atoms with Gasteiger partial charge in [-0.1, -0.05) is 224 Å². The molecule has 2 aliphatic carbocycles. The summed E-state index contributed by atoms with van der Waals surface area (Å²) in [6.45, 7) is 0. The van der Waals surface area contributed by atoms with E-state index in [9.17, 15) is 0 Å². The smallest absolute Gasteiger partial charge is 0.160 e. The van der Waals surface area contributed by atoms with Gasteiger partial charge in [0.05, 0.1) is 28.0 Å². The Balaban J connectivity index is 0.934. The number of aromatic nitrogens is 4. The van der Waals surface area contributed by atoms with Gasteiger partial charge < -0.3 is 0 Å². The maximum absolute atomic E-state index is 5.44. The molecule has 1 spiro atoms. The molecule has 0 N–H and O–H groups in total. The maximum Gasteiger partial charge on any atom is 0.160 e. The molecule has 0 saturated carbocycles. The molecular weight excluding hydrogens is 825 g/mol. The van der Waals surface area contributed by atoms with Crippen LogP contribution in [0.1, 0.15) is 22.3 Å². The number of hydrogen-bond acceptors (Lipinski definition) is 3. The predicted molar refractivity (Wildman–Crippen MR) is 277 cm³/mol. The summed E-state index contributed by atoms with van der Waals surface area (Å²) < 4.78 is 2.15. The van der Waals surface area contributed by atoms with Crippen molar-refractivity contribution in [3.05, 3.63) is 265 Å². The molecule has 0 aliphatic heterocycles. The molecule has 0 bridgehead atoms. The van der Waals surface area contributed by atoms with Crippen LogP contribution in [0.2, 0.25) is 0 Å². The Labute approximate surface area is 394 Å². The van der Waals surface area contributed by atoms with Crippen molar-refractivity contribution in [1.29, 1.82) is 0 Å². The summed E-state index contributed by atoms with van der Waals surface area (Å²) in [4.78, 5) is 10.6. The van der Waals surface area contributed by atoms with Crippen LogP contribution in [0.15, 0.2) is 243 Å². The zero-order valence-corrected chi connectivity index (χ0v) is 36.9. The van der Waals surface area contributed by atoms with Gasteiger partial charge in [-0.2, -0.15) is 5.10 Å². The van der Waals surface area contributed by atoms with Crippen LogP contribution in [-0.4, -0.2) is 19.6 Å². The lowest BCUT2D eigenvalue weighted by Crippen LogP contribution is -2.25. The summed E-state index contributed by atoms with van der Waals surface area (Å²) in [6, 6.07) is 87.2. The van der Waals surface area contributed by atoms with Crippen molar-refractivity contribution in [1.82, 2.24) is 19.6 Å². The zero-order valence-electron chi connectivity index (χ0n) is 36.9. The van der Waals surface area contributed by atoms with Crippen molar-refractivity contribution in [2.75, 3.05) is 0 Å². The highest BCUT2D eigenvalue weighted by atomic mass is 15.2. The molecule has 3 heterocycles. The molecule has 316 valence electrons. The third-order valence-corrected chi connectivity index (χ3v) is 14.3. The van der Waals surface area contributed by atoms with E-state index in [-0.39, 0.29) is 0 Å². The second kappa shape index (κ2) is 15.0. The number of rotatable bonds is 6. The minimum absolute atomic E-state index is 0.449. The van der Waals surface area contributed by atoms with E-state index in [0.717, 1.165) is 78.0 Å². The first-order chi connectivity index (χ1) is 33.7. The maximum atomic E-state index is 5.44. The van der Waals surface area contributed by atoms with Crippen LogP contribution in [0.5, 0.6) is 0 Å². The summed E-state index contributed by atoms with van der Waals surface area (Å²) >= 11 is 0.